The molecule has 0 unspecified atom stereocenters. The Hall–Kier alpha value is -2.56. The Kier molecular flexibility index (Phi) is 4.55. The Morgan fingerprint density at radius 1 is 1.20 bits per heavy atom. The normalized spacial score (nSPS) is 10.1. The van der Waals surface area contributed by atoms with Crippen molar-refractivity contribution in [1.29, 1.82) is 0 Å². The largest absolute Gasteiger partial charge is 0.483 e. The van der Waals surface area contributed by atoms with E-state index in [1.807, 2.05) is 0 Å². The van der Waals surface area contributed by atoms with Gasteiger partial charge in [0.25, 0.3) is 5.91 Å². The number of nitrogens with one attached hydrogen (secondary N) is 1. The number of Topliss-reactive ketones (excluding diaryl/α,β-unsaturated/α-hetero) is 1. The molecule has 104 valence electrons. The fourth-order valence-electron chi connectivity index (χ4n) is 1.68. The van der Waals surface area contributed by atoms with Crippen molar-refractivity contribution in [3.05, 3.63) is 54.0 Å². The third-order valence-electron chi connectivity index (χ3n) is 2.67. The maximum Gasteiger partial charge on any atom is 0.258 e. The van der Waals surface area contributed by atoms with Crippen molar-refractivity contribution in [2.45, 2.75) is 13.5 Å². The summed E-state index contributed by atoms with van der Waals surface area (Å²) in [5, 5.41) is 2.66. The van der Waals surface area contributed by atoms with E-state index < -0.39 is 0 Å². The molecule has 0 saturated heterocycles. The SMILES string of the molecule is CC(=O)c1ccccc1OCC(=O)NCc1ccco1. The second-order valence-corrected chi connectivity index (χ2v) is 4.20. The fourth-order valence-corrected chi connectivity index (χ4v) is 1.68. The van der Waals surface area contributed by atoms with Crippen LogP contribution in [0.3, 0.4) is 0 Å². The van der Waals surface area contributed by atoms with Crippen LogP contribution in [-0.2, 0) is 11.3 Å². The number of benzene rings is 1. The van der Waals surface area contributed by atoms with Crippen LogP contribution in [0.25, 0.3) is 0 Å². The molecule has 0 atom stereocenters. The molecule has 0 spiro atoms. The molecule has 0 saturated carbocycles. The highest BCUT2D eigenvalue weighted by molar-refractivity contribution is 5.96. The molecule has 0 aliphatic carbocycles. The number of ether oxygens (including phenoxy) is 1. The van der Waals surface area contributed by atoms with Crippen LogP contribution in [0.1, 0.15) is 23.0 Å². The molecule has 5 nitrogen and oxygen atoms in total. The van der Waals surface area contributed by atoms with E-state index in [0.717, 1.165) is 0 Å². The van der Waals surface area contributed by atoms with E-state index in [2.05, 4.69) is 5.32 Å². The zero-order valence-electron chi connectivity index (χ0n) is 11.1. The number of rotatable bonds is 6. The zero-order chi connectivity index (χ0) is 14.4. The van der Waals surface area contributed by atoms with E-state index in [1.54, 1.807) is 42.7 Å². The van der Waals surface area contributed by atoms with Gasteiger partial charge in [-0.1, -0.05) is 12.1 Å². The van der Waals surface area contributed by atoms with Crippen LogP contribution in [0.2, 0.25) is 0 Å². The van der Waals surface area contributed by atoms with Gasteiger partial charge in [-0.3, -0.25) is 9.59 Å². The minimum absolute atomic E-state index is 0.100. The highest BCUT2D eigenvalue weighted by atomic mass is 16.5. The predicted molar refractivity (Wildman–Crippen MR) is 72.5 cm³/mol. The van der Waals surface area contributed by atoms with Gasteiger partial charge in [-0.05, 0) is 31.2 Å². The fraction of sp³-hybridized carbons (Fsp3) is 0.200. The summed E-state index contributed by atoms with van der Waals surface area (Å²) in [6.45, 7) is 1.62. The Balaban J connectivity index is 1.85. The summed E-state index contributed by atoms with van der Waals surface area (Å²) in [6.07, 6.45) is 1.54. The predicted octanol–water partition coefficient (Wildman–Crippen LogP) is 2.18. The second-order valence-electron chi connectivity index (χ2n) is 4.20. The lowest BCUT2D eigenvalue weighted by molar-refractivity contribution is -0.123. The van der Waals surface area contributed by atoms with Gasteiger partial charge >= 0.3 is 0 Å². The zero-order valence-corrected chi connectivity index (χ0v) is 11.1. The molecule has 2 aromatic rings. The van der Waals surface area contributed by atoms with E-state index in [4.69, 9.17) is 9.15 Å². The molecule has 0 fully saturated rings. The monoisotopic (exact) mass is 273 g/mol. The molecule has 0 bridgehead atoms. The Morgan fingerprint density at radius 3 is 2.70 bits per heavy atom. The van der Waals surface area contributed by atoms with Gasteiger partial charge in [0.05, 0.1) is 18.4 Å². The van der Waals surface area contributed by atoms with Crippen molar-refractivity contribution in [3.8, 4) is 5.75 Å². The third-order valence-corrected chi connectivity index (χ3v) is 2.67. The summed E-state index contributed by atoms with van der Waals surface area (Å²) in [7, 11) is 0. The lowest BCUT2D eigenvalue weighted by Crippen LogP contribution is -2.28. The van der Waals surface area contributed by atoms with Gasteiger partial charge in [0.15, 0.2) is 12.4 Å². The van der Waals surface area contributed by atoms with Crippen LogP contribution in [0.4, 0.5) is 0 Å². The Labute approximate surface area is 116 Å². The van der Waals surface area contributed by atoms with Gasteiger partial charge in [-0.15, -0.1) is 0 Å². The van der Waals surface area contributed by atoms with Gasteiger partial charge in [-0.2, -0.15) is 0 Å². The number of carbonyl (C=O) groups excluding carboxylic acids is 2. The summed E-state index contributed by atoms with van der Waals surface area (Å²) in [5.41, 5.74) is 0.464. The quantitative estimate of drug-likeness (QED) is 0.819. The van der Waals surface area contributed by atoms with Gasteiger partial charge in [0.2, 0.25) is 0 Å². The number of ketones is 1. The second kappa shape index (κ2) is 6.56. The number of furan rings is 1. The van der Waals surface area contributed by atoms with Gasteiger partial charge < -0.3 is 14.5 Å². The first-order valence-electron chi connectivity index (χ1n) is 6.18. The van der Waals surface area contributed by atoms with Gasteiger partial charge in [-0.25, -0.2) is 0 Å². The van der Waals surface area contributed by atoms with Crippen molar-refractivity contribution >= 4 is 11.7 Å². The van der Waals surface area contributed by atoms with E-state index in [9.17, 15) is 9.59 Å². The molecule has 20 heavy (non-hydrogen) atoms. The molecule has 5 heteroatoms. The summed E-state index contributed by atoms with van der Waals surface area (Å²) in [6, 6.07) is 10.4. The van der Waals surface area contributed by atoms with E-state index in [0.29, 0.717) is 23.6 Å². The van der Waals surface area contributed by atoms with Crippen molar-refractivity contribution < 1.29 is 18.7 Å². The summed E-state index contributed by atoms with van der Waals surface area (Å²) < 4.78 is 10.5. The molecule has 1 heterocycles. The maximum absolute atomic E-state index is 11.6. The maximum atomic E-state index is 11.6. The van der Waals surface area contributed by atoms with E-state index >= 15 is 0 Å². The molecule has 2 rings (SSSR count). The molecule has 0 aliphatic rings. The van der Waals surface area contributed by atoms with Gasteiger partial charge in [0.1, 0.15) is 11.5 Å². The Bertz CT molecular complexity index is 590. The summed E-state index contributed by atoms with van der Waals surface area (Å²) in [4.78, 5) is 23.0. The third kappa shape index (κ3) is 3.71. The standard InChI is InChI=1S/C15H15NO4/c1-11(17)13-6-2-3-7-14(13)20-10-15(18)16-9-12-5-4-8-19-12/h2-8H,9-10H2,1H3,(H,16,18). The van der Waals surface area contributed by atoms with Crippen LogP contribution >= 0.6 is 0 Å². The number of hydrogen-bond donors (Lipinski definition) is 1. The average molecular weight is 273 g/mol. The lowest BCUT2D eigenvalue weighted by atomic mass is 10.1. The number of hydrogen-bond acceptors (Lipinski definition) is 4. The smallest absolute Gasteiger partial charge is 0.258 e. The van der Waals surface area contributed by atoms with Crippen LogP contribution in [0.15, 0.2) is 47.1 Å². The topological polar surface area (TPSA) is 68.5 Å². The van der Waals surface area contributed by atoms with Crippen molar-refractivity contribution in [2.24, 2.45) is 0 Å². The number of amides is 1. The van der Waals surface area contributed by atoms with Crippen molar-refractivity contribution in [1.82, 2.24) is 5.32 Å². The highest BCUT2D eigenvalue weighted by Gasteiger charge is 2.09. The van der Waals surface area contributed by atoms with Crippen molar-refractivity contribution in [3.63, 3.8) is 0 Å². The summed E-state index contributed by atoms with van der Waals surface area (Å²) >= 11 is 0. The molecule has 1 aromatic heterocycles. The first-order chi connectivity index (χ1) is 9.66. The lowest BCUT2D eigenvalue weighted by Gasteiger charge is -2.09. The molecule has 1 N–H and O–H groups in total. The molecule has 1 amide bonds. The molecule has 0 aliphatic heterocycles. The first kappa shape index (κ1) is 13.9. The van der Waals surface area contributed by atoms with Crippen LogP contribution in [0.5, 0.6) is 5.75 Å². The minimum atomic E-state index is -0.278. The number of para-hydroxylation sites is 1. The van der Waals surface area contributed by atoms with E-state index in [1.165, 1.54) is 6.92 Å². The first-order valence-corrected chi connectivity index (χ1v) is 6.18. The molecular formula is C15H15NO4. The molecule has 1 aromatic carbocycles. The molecule has 0 radical (unpaired) electrons. The van der Waals surface area contributed by atoms with Crippen molar-refractivity contribution in [2.75, 3.05) is 6.61 Å². The van der Waals surface area contributed by atoms with Crippen LogP contribution < -0.4 is 10.1 Å². The summed E-state index contributed by atoms with van der Waals surface area (Å²) in [5.74, 6) is 0.701. The Morgan fingerprint density at radius 2 is 2.00 bits per heavy atom. The highest BCUT2D eigenvalue weighted by Crippen LogP contribution is 2.18. The number of carbonyl (C=O) groups is 2. The van der Waals surface area contributed by atoms with E-state index in [-0.39, 0.29) is 18.3 Å². The van der Waals surface area contributed by atoms with Crippen LogP contribution in [-0.4, -0.2) is 18.3 Å². The average Bonchev–Trinajstić information content (AvgIpc) is 2.96. The van der Waals surface area contributed by atoms with Crippen LogP contribution in [0, 0.1) is 0 Å². The molecular weight excluding hydrogens is 258 g/mol. The van der Waals surface area contributed by atoms with Gasteiger partial charge in [0, 0.05) is 0 Å². The minimum Gasteiger partial charge on any atom is -0.483 e.